The lowest BCUT2D eigenvalue weighted by Crippen LogP contribution is -2.15. The zero-order valence-corrected chi connectivity index (χ0v) is 11.3. The standard InChI is InChI=1S/C6H10F4O3S.C5H5N/c7-5(14(11,12)13)3-1-2-4-6(8,9)10;1-2-4-6-5-3-1/h5H,1-4H2,(H,11,12,13);1-5H. The number of rotatable bonds is 5. The van der Waals surface area contributed by atoms with E-state index in [1.807, 2.05) is 30.6 Å². The minimum Gasteiger partial charge on any atom is -0.746 e. The molecule has 1 N–H and O–H groups in total. The topological polar surface area (TPSA) is 71.3 Å². The summed E-state index contributed by atoms with van der Waals surface area (Å²) >= 11 is 0. The summed E-state index contributed by atoms with van der Waals surface area (Å²) in [5, 5.41) is 0. The largest absolute Gasteiger partial charge is 0.746 e. The van der Waals surface area contributed by atoms with Crippen molar-refractivity contribution >= 4 is 10.1 Å². The van der Waals surface area contributed by atoms with Gasteiger partial charge in [0.15, 0.2) is 17.9 Å². The monoisotopic (exact) mass is 317 g/mol. The van der Waals surface area contributed by atoms with Crippen LogP contribution in [0.5, 0.6) is 0 Å². The number of halogens is 4. The Morgan fingerprint density at radius 3 is 1.95 bits per heavy atom. The van der Waals surface area contributed by atoms with E-state index in [-0.39, 0.29) is 12.8 Å². The molecule has 0 radical (unpaired) electrons. The fourth-order valence-electron chi connectivity index (χ4n) is 1.12. The highest BCUT2D eigenvalue weighted by Gasteiger charge is 2.26. The molecule has 0 saturated carbocycles. The second-order valence-electron chi connectivity index (χ2n) is 3.84. The van der Waals surface area contributed by atoms with Crippen molar-refractivity contribution in [2.75, 3.05) is 0 Å². The van der Waals surface area contributed by atoms with Crippen molar-refractivity contribution in [3.05, 3.63) is 30.6 Å². The second kappa shape index (κ2) is 8.85. The number of aromatic amines is 1. The van der Waals surface area contributed by atoms with E-state index in [0.717, 1.165) is 0 Å². The molecule has 0 spiro atoms. The van der Waals surface area contributed by atoms with E-state index in [0.29, 0.717) is 0 Å². The molecule has 0 fully saturated rings. The summed E-state index contributed by atoms with van der Waals surface area (Å²) in [5.41, 5.74) is -2.60. The number of aromatic nitrogens is 1. The summed E-state index contributed by atoms with van der Waals surface area (Å²) in [6.07, 6.45) is -3.01. The molecule has 4 nitrogen and oxygen atoms in total. The Morgan fingerprint density at radius 2 is 1.65 bits per heavy atom. The fourth-order valence-corrected chi connectivity index (χ4v) is 1.57. The molecule has 9 heteroatoms. The molecule has 1 rings (SSSR count). The summed E-state index contributed by atoms with van der Waals surface area (Å²) < 4.78 is 76.9. The second-order valence-corrected chi connectivity index (χ2v) is 5.34. The van der Waals surface area contributed by atoms with Gasteiger partial charge in [-0.15, -0.1) is 0 Å². The van der Waals surface area contributed by atoms with Crippen LogP contribution in [0.4, 0.5) is 17.6 Å². The number of nitrogens with one attached hydrogen (secondary N) is 1. The van der Waals surface area contributed by atoms with E-state index in [4.69, 9.17) is 0 Å². The van der Waals surface area contributed by atoms with Crippen molar-refractivity contribution in [3.8, 4) is 0 Å². The number of alkyl halides is 4. The molecule has 116 valence electrons. The zero-order chi connectivity index (χ0) is 15.6. The maximum Gasteiger partial charge on any atom is 0.389 e. The molecule has 1 unspecified atom stereocenters. The van der Waals surface area contributed by atoms with Gasteiger partial charge in [-0.3, -0.25) is 0 Å². The van der Waals surface area contributed by atoms with Gasteiger partial charge in [-0.1, -0.05) is 6.07 Å². The maximum absolute atomic E-state index is 12.3. The Labute approximate surface area is 114 Å². The average molecular weight is 317 g/mol. The van der Waals surface area contributed by atoms with E-state index >= 15 is 0 Å². The van der Waals surface area contributed by atoms with Crippen LogP contribution in [0.3, 0.4) is 0 Å². The maximum atomic E-state index is 12.3. The highest BCUT2D eigenvalue weighted by atomic mass is 32.2. The molecular formula is C11H15F4NO3S. The van der Waals surface area contributed by atoms with E-state index < -0.39 is 34.6 Å². The van der Waals surface area contributed by atoms with Gasteiger partial charge < -0.3 is 4.55 Å². The van der Waals surface area contributed by atoms with E-state index in [2.05, 4.69) is 4.98 Å². The van der Waals surface area contributed by atoms with Gasteiger partial charge in [0.2, 0.25) is 0 Å². The first-order valence-corrected chi connectivity index (χ1v) is 7.16. The van der Waals surface area contributed by atoms with E-state index in [9.17, 15) is 30.5 Å². The van der Waals surface area contributed by atoms with Gasteiger partial charge in [0, 0.05) is 18.6 Å². The lowest BCUT2D eigenvalue weighted by atomic mass is 10.2. The van der Waals surface area contributed by atoms with Gasteiger partial charge in [-0.05, 0) is 19.3 Å². The smallest absolute Gasteiger partial charge is 0.389 e. The first-order chi connectivity index (χ1) is 9.13. The summed E-state index contributed by atoms with van der Waals surface area (Å²) in [5.74, 6) is 0. The number of pyridine rings is 1. The first kappa shape index (κ1) is 18.8. The molecular weight excluding hydrogens is 302 g/mol. The fraction of sp³-hybridized carbons (Fsp3) is 0.545. The quantitative estimate of drug-likeness (QED) is 0.476. The third kappa shape index (κ3) is 11.8. The Kier molecular flexibility index (Phi) is 8.31. The van der Waals surface area contributed by atoms with E-state index in [1.54, 1.807) is 0 Å². The molecule has 1 aromatic rings. The van der Waals surface area contributed by atoms with Gasteiger partial charge in [0.1, 0.15) is 10.1 Å². The van der Waals surface area contributed by atoms with Crippen LogP contribution in [0, 0.1) is 0 Å². The molecule has 0 aliphatic heterocycles. The molecule has 0 bridgehead atoms. The predicted molar refractivity (Wildman–Crippen MR) is 62.1 cm³/mol. The molecule has 0 saturated heterocycles. The average Bonchev–Trinajstić information content (AvgIpc) is 2.35. The Bertz CT molecular complexity index is 424. The third-order valence-electron chi connectivity index (χ3n) is 2.06. The highest BCUT2D eigenvalue weighted by Crippen LogP contribution is 2.23. The minimum atomic E-state index is -5.02. The van der Waals surface area contributed by atoms with Crippen molar-refractivity contribution < 1.29 is 35.5 Å². The molecule has 20 heavy (non-hydrogen) atoms. The SMILES string of the molecule is O=S(=O)([O-])C(F)CCCCC(F)(F)F.c1cc[nH+]cc1. The van der Waals surface area contributed by atoms with Crippen LogP contribution in [0.1, 0.15) is 25.7 Å². The first-order valence-electron chi connectivity index (χ1n) is 5.69. The van der Waals surface area contributed by atoms with Gasteiger partial charge in [0.05, 0.1) is 0 Å². The number of hydrogen-bond acceptors (Lipinski definition) is 3. The molecule has 0 aromatic carbocycles. The van der Waals surface area contributed by atoms with Crippen molar-refractivity contribution in [1.29, 1.82) is 0 Å². The van der Waals surface area contributed by atoms with Crippen molar-refractivity contribution in [2.24, 2.45) is 0 Å². The van der Waals surface area contributed by atoms with Gasteiger partial charge in [0.25, 0.3) is 0 Å². The van der Waals surface area contributed by atoms with E-state index in [1.165, 1.54) is 0 Å². The lowest BCUT2D eigenvalue weighted by molar-refractivity contribution is -0.377. The number of H-pyrrole nitrogens is 1. The Balaban J connectivity index is 0.000000493. The summed E-state index contributed by atoms with van der Waals surface area (Å²) in [4.78, 5) is 2.89. The summed E-state index contributed by atoms with van der Waals surface area (Å²) in [6, 6.07) is 5.86. The van der Waals surface area contributed by atoms with Crippen LogP contribution >= 0.6 is 0 Å². The summed E-state index contributed by atoms with van der Waals surface area (Å²) in [7, 11) is -5.02. The van der Waals surface area contributed by atoms with Gasteiger partial charge in [-0.25, -0.2) is 17.8 Å². The van der Waals surface area contributed by atoms with Crippen molar-refractivity contribution in [3.63, 3.8) is 0 Å². The van der Waals surface area contributed by atoms with Crippen LogP contribution in [-0.2, 0) is 10.1 Å². The van der Waals surface area contributed by atoms with Crippen molar-refractivity contribution in [2.45, 2.75) is 37.4 Å². The lowest BCUT2D eigenvalue weighted by Gasteiger charge is -2.12. The van der Waals surface area contributed by atoms with Crippen LogP contribution < -0.4 is 4.98 Å². The van der Waals surface area contributed by atoms with Crippen LogP contribution in [0.15, 0.2) is 30.6 Å². The summed E-state index contributed by atoms with van der Waals surface area (Å²) in [6.45, 7) is 0. The van der Waals surface area contributed by atoms with Gasteiger partial charge in [-0.2, -0.15) is 13.2 Å². The predicted octanol–water partition coefficient (Wildman–Crippen LogP) is 2.45. The molecule has 1 atom stereocenters. The Morgan fingerprint density at radius 1 is 1.10 bits per heavy atom. The molecule has 0 amide bonds. The minimum absolute atomic E-state index is 0.276. The van der Waals surface area contributed by atoms with Crippen LogP contribution in [0.25, 0.3) is 0 Å². The number of unbranched alkanes of at least 4 members (excludes halogenated alkanes) is 1. The van der Waals surface area contributed by atoms with Crippen LogP contribution in [0.2, 0.25) is 0 Å². The molecule has 0 aliphatic rings. The molecule has 1 heterocycles. The highest BCUT2D eigenvalue weighted by molar-refractivity contribution is 7.86. The zero-order valence-electron chi connectivity index (χ0n) is 10.4. The molecule has 1 aromatic heterocycles. The number of hydrogen-bond donors (Lipinski definition) is 0. The third-order valence-corrected chi connectivity index (χ3v) is 2.92. The van der Waals surface area contributed by atoms with Crippen molar-refractivity contribution in [1.82, 2.24) is 0 Å². The normalized spacial score (nSPS) is 13.2. The Hall–Kier alpha value is -1.22. The van der Waals surface area contributed by atoms with Crippen LogP contribution in [-0.4, -0.2) is 24.7 Å². The molecule has 0 aliphatic carbocycles. The van der Waals surface area contributed by atoms with Gasteiger partial charge >= 0.3 is 6.18 Å².